The molecule has 14 heavy (non-hydrogen) atoms. The molecule has 0 saturated heterocycles. The van der Waals surface area contributed by atoms with Crippen LogP contribution >= 0.6 is 27.7 Å². The van der Waals surface area contributed by atoms with Crippen molar-refractivity contribution < 1.29 is 0 Å². The number of rotatable bonds is 1. The summed E-state index contributed by atoms with van der Waals surface area (Å²) in [6.45, 7) is 4.06. The minimum atomic E-state index is 0.596. The highest BCUT2D eigenvalue weighted by atomic mass is 79.9. The van der Waals surface area contributed by atoms with E-state index in [0.29, 0.717) is 5.17 Å². The number of thioether (sulfide) groups is 1. The highest BCUT2D eigenvalue weighted by molar-refractivity contribution is 9.10. The molecule has 0 amide bonds. The number of benzene rings is 1. The van der Waals surface area contributed by atoms with E-state index in [4.69, 9.17) is 5.73 Å². The van der Waals surface area contributed by atoms with E-state index in [2.05, 4.69) is 20.9 Å². The third-order valence-corrected chi connectivity index (χ3v) is 2.85. The number of aryl methyl sites for hydroxylation is 2. The Balaban J connectivity index is 3.21. The average Bonchev–Trinajstić information content (AvgIpc) is 2.10. The average molecular weight is 273 g/mol. The van der Waals surface area contributed by atoms with Gasteiger partial charge in [-0.2, -0.15) is 0 Å². The number of amidine groups is 1. The minimum Gasteiger partial charge on any atom is -0.378 e. The van der Waals surface area contributed by atoms with Gasteiger partial charge in [0, 0.05) is 4.47 Å². The lowest BCUT2D eigenvalue weighted by Gasteiger charge is -2.06. The standard InChI is InChI=1S/C10H13BrN2S/c1-6-4-8(11)5-7(2)9(6)13-10(12)14-3/h4-5H,1-3H3,(H2,12,13). The SMILES string of the molecule is CSC(N)=Nc1c(C)cc(Br)cc1C. The van der Waals surface area contributed by atoms with Gasteiger partial charge in [-0.3, -0.25) is 0 Å². The third kappa shape index (κ3) is 2.75. The van der Waals surface area contributed by atoms with E-state index in [1.807, 2.05) is 32.2 Å². The first-order valence-electron chi connectivity index (χ1n) is 4.19. The molecule has 0 radical (unpaired) electrons. The van der Waals surface area contributed by atoms with Crippen molar-refractivity contribution in [2.45, 2.75) is 13.8 Å². The topological polar surface area (TPSA) is 38.4 Å². The second-order valence-electron chi connectivity index (χ2n) is 3.04. The summed E-state index contributed by atoms with van der Waals surface area (Å²) in [5, 5.41) is 0.596. The van der Waals surface area contributed by atoms with Gasteiger partial charge in [0.15, 0.2) is 5.17 Å². The second kappa shape index (κ2) is 4.84. The Morgan fingerprint density at radius 3 is 2.29 bits per heavy atom. The van der Waals surface area contributed by atoms with Crippen LogP contribution in [0.2, 0.25) is 0 Å². The molecule has 2 N–H and O–H groups in total. The van der Waals surface area contributed by atoms with Crippen LogP contribution in [-0.2, 0) is 0 Å². The molecule has 0 unspecified atom stereocenters. The van der Waals surface area contributed by atoms with Gasteiger partial charge in [0.05, 0.1) is 5.69 Å². The van der Waals surface area contributed by atoms with Crippen molar-refractivity contribution in [2.24, 2.45) is 10.7 Å². The zero-order valence-corrected chi connectivity index (χ0v) is 10.9. The maximum atomic E-state index is 5.68. The molecule has 0 aromatic heterocycles. The first-order valence-corrected chi connectivity index (χ1v) is 6.21. The van der Waals surface area contributed by atoms with Crippen LogP contribution in [0.25, 0.3) is 0 Å². The Hall–Kier alpha value is -0.480. The summed E-state index contributed by atoms with van der Waals surface area (Å²) in [6, 6.07) is 4.08. The first-order chi connectivity index (χ1) is 6.54. The Bertz CT molecular complexity index is 351. The van der Waals surface area contributed by atoms with Gasteiger partial charge in [0.2, 0.25) is 0 Å². The summed E-state index contributed by atoms with van der Waals surface area (Å²) in [5.41, 5.74) is 8.92. The number of hydrogen-bond acceptors (Lipinski definition) is 2. The fraction of sp³-hybridized carbons (Fsp3) is 0.300. The number of aliphatic imine (C=N–C) groups is 1. The van der Waals surface area contributed by atoms with E-state index < -0.39 is 0 Å². The minimum absolute atomic E-state index is 0.596. The summed E-state index contributed by atoms with van der Waals surface area (Å²) >= 11 is 4.90. The number of hydrogen-bond donors (Lipinski definition) is 1. The Labute approximate surface area is 97.1 Å². The molecule has 0 aliphatic rings. The first kappa shape index (κ1) is 11.6. The van der Waals surface area contributed by atoms with Gasteiger partial charge in [0.1, 0.15) is 0 Å². The van der Waals surface area contributed by atoms with E-state index >= 15 is 0 Å². The van der Waals surface area contributed by atoms with Crippen molar-refractivity contribution in [3.8, 4) is 0 Å². The molecule has 0 saturated carbocycles. The van der Waals surface area contributed by atoms with Crippen molar-refractivity contribution >= 4 is 38.5 Å². The van der Waals surface area contributed by atoms with E-state index in [0.717, 1.165) is 21.3 Å². The molecule has 1 aromatic carbocycles. The maximum absolute atomic E-state index is 5.68. The molecular weight excluding hydrogens is 260 g/mol. The normalized spacial score (nSPS) is 11.9. The quantitative estimate of drug-likeness (QED) is 0.629. The van der Waals surface area contributed by atoms with Gasteiger partial charge in [-0.1, -0.05) is 27.7 Å². The van der Waals surface area contributed by atoms with E-state index in [9.17, 15) is 0 Å². The van der Waals surface area contributed by atoms with Gasteiger partial charge >= 0.3 is 0 Å². The third-order valence-electron chi connectivity index (χ3n) is 1.89. The summed E-state index contributed by atoms with van der Waals surface area (Å²) in [5.74, 6) is 0. The predicted molar refractivity (Wildman–Crippen MR) is 68.4 cm³/mol. The Morgan fingerprint density at radius 2 is 1.86 bits per heavy atom. The Morgan fingerprint density at radius 1 is 1.36 bits per heavy atom. The molecule has 0 atom stereocenters. The highest BCUT2D eigenvalue weighted by Crippen LogP contribution is 2.28. The van der Waals surface area contributed by atoms with Crippen molar-refractivity contribution in [3.63, 3.8) is 0 Å². The summed E-state index contributed by atoms with van der Waals surface area (Å²) in [7, 11) is 0. The van der Waals surface area contributed by atoms with Crippen LogP contribution in [0, 0.1) is 13.8 Å². The van der Waals surface area contributed by atoms with Crippen molar-refractivity contribution in [1.29, 1.82) is 0 Å². The zero-order chi connectivity index (χ0) is 10.7. The van der Waals surface area contributed by atoms with Gasteiger partial charge < -0.3 is 5.73 Å². The predicted octanol–water partition coefficient (Wildman–Crippen LogP) is 3.38. The molecule has 0 heterocycles. The zero-order valence-electron chi connectivity index (χ0n) is 8.47. The van der Waals surface area contributed by atoms with Crippen LogP contribution in [-0.4, -0.2) is 11.4 Å². The van der Waals surface area contributed by atoms with Crippen LogP contribution in [0.5, 0.6) is 0 Å². The molecule has 0 spiro atoms. The molecule has 76 valence electrons. The van der Waals surface area contributed by atoms with Crippen LogP contribution in [0.15, 0.2) is 21.6 Å². The Kier molecular flexibility index (Phi) is 4.01. The van der Waals surface area contributed by atoms with Crippen LogP contribution in [0.3, 0.4) is 0 Å². The molecule has 4 heteroatoms. The van der Waals surface area contributed by atoms with Gasteiger partial charge in [-0.25, -0.2) is 4.99 Å². The number of nitrogens with zero attached hydrogens (tertiary/aromatic N) is 1. The highest BCUT2D eigenvalue weighted by Gasteiger charge is 2.03. The lowest BCUT2D eigenvalue weighted by molar-refractivity contribution is 1.31. The summed E-state index contributed by atoms with van der Waals surface area (Å²) in [4.78, 5) is 4.35. The number of nitrogens with two attached hydrogens (primary N) is 1. The van der Waals surface area contributed by atoms with Crippen LogP contribution < -0.4 is 5.73 Å². The smallest absolute Gasteiger partial charge is 0.158 e. The fourth-order valence-electron chi connectivity index (χ4n) is 1.24. The maximum Gasteiger partial charge on any atom is 0.158 e. The van der Waals surface area contributed by atoms with Gasteiger partial charge in [-0.15, -0.1) is 0 Å². The fourth-order valence-corrected chi connectivity index (χ4v) is 2.10. The molecule has 1 aromatic rings. The van der Waals surface area contributed by atoms with Gasteiger partial charge in [0.25, 0.3) is 0 Å². The van der Waals surface area contributed by atoms with E-state index in [-0.39, 0.29) is 0 Å². The number of halogens is 1. The van der Waals surface area contributed by atoms with Crippen LogP contribution in [0.1, 0.15) is 11.1 Å². The molecule has 0 aliphatic heterocycles. The van der Waals surface area contributed by atoms with Gasteiger partial charge in [-0.05, 0) is 43.4 Å². The van der Waals surface area contributed by atoms with Crippen LogP contribution in [0.4, 0.5) is 5.69 Å². The molecular formula is C10H13BrN2S. The monoisotopic (exact) mass is 272 g/mol. The van der Waals surface area contributed by atoms with Crippen molar-refractivity contribution in [3.05, 3.63) is 27.7 Å². The van der Waals surface area contributed by atoms with E-state index in [1.54, 1.807) is 0 Å². The molecule has 0 bridgehead atoms. The second-order valence-corrected chi connectivity index (χ2v) is 4.78. The molecule has 0 aliphatic carbocycles. The summed E-state index contributed by atoms with van der Waals surface area (Å²) in [6.07, 6.45) is 1.92. The largest absolute Gasteiger partial charge is 0.378 e. The lowest BCUT2D eigenvalue weighted by Crippen LogP contribution is -2.04. The molecule has 2 nitrogen and oxygen atoms in total. The summed E-state index contributed by atoms with van der Waals surface area (Å²) < 4.78 is 1.08. The van der Waals surface area contributed by atoms with Crippen molar-refractivity contribution in [2.75, 3.05) is 6.26 Å². The molecule has 1 rings (SSSR count). The van der Waals surface area contributed by atoms with E-state index in [1.165, 1.54) is 11.8 Å². The van der Waals surface area contributed by atoms with Crippen molar-refractivity contribution in [1.82, 2.24) is 0 Å². The molecule has 0 fully saturated rings. The lowest BCUT2D eigenvalue weighted by atomic mass is 10.1.